The van der Waals surface area contributed by atoms with Crippen molar-refractivity contribution < 1.29 is 14.3 Å². The minimum absolute atomic E-state index is 0.0274. The Labute approximate surface area is 86.7 Å². The summed E-state index contributed by atoms with van der Waals surface area (Å²) in [5, 5.41) is 9.15. The molecular formula is C11H12FNO2. The lowest BCUT2D eigenvalue weighted by molar-refractivity contribution is -0.144. The van der Waals surface area contributed by atoms with E-state index in [4.69, 9.17) is 10.8 Å². The molecule has 1 aromatic carbocycles. The van der Waals surface area contributed by atoms with Gasteiger partial charge in [0.15, 0.2) is 0 Å². The maximum absolute atomic E-state index is 12.7. The van der Waals surface area contributed by atoms with E-state index in [1.54, 1.807) is 0 Å². The van der Waals surface area contributed by atoms with Gasteiger partial charge < -0.3 is 10.8 Å². The van der Waals surface area contributed by atoms with Crippen molar-refractivity contribution in [1.29, 1.82) is 0 Å². The lowest BCUT2D eigenvalue weighted by Crippen LogP contribution is -2.47. The molecule has 1 aromatic rings. The maximum Gasteiger partial charge on any atom is 0.328 e. The molecule has 1 aliphatic carbocycles. The smallest absolute Gasteiger partial charge is 0.328 e. The van der Waals surface area contributed by atoms with Crippen LogP contribution >= 0.6 is 0 Å². The van der Waals surface area contributed by atoms with Gasteiger partial charge in [0, 0.05) is 0 Å². The highest BCUT2D eigenvalue weighted by Crippen LogP contribution is 2.44. The summed E-state index contributed by atoms with van der Waals surface area (Å²) >= 11 is 0. The lowest BCUT2D eigenvalue weighted by atomic mass is 9.86. The van der Waals surface area contributed by atoms with Gasteiger partial charge in [-0.3, -0.25) is 0 Å². The van der Waals surface area contributed by atoms with Gasteiger partial charge in [-0.2, -0.15) is 0 Å². The van der Waals surface area contributed by atoms with Crippen molar-refractivity contribution in [2.75, 3.05) is 0 Å². The summed E-state index contributed by atoms with van der Waals surface area (Å²) in [7, 11) is 0. The third-order valence-corrected chi connectivity index (χ3v) is 2.90. The molecule has 0 amide bonds. The Morgan fingerprint density at radius 2 is 1.93 bits per heavy atom. The van der Waals surface area contributed by atoms with E-state index in [1.165, 1.54) is 24.3 Å². The first-order chi connectivity index (χ1) is 7.05. The average Bonchev–Trinajstić information content (AvgIpc) is 3.00. The van der Waals surface area contributed by atoms with Gasteiger partial charge in [-0.15, -0.1) is 0 Å². The second-order valence-corrected chi connectivity index (χ2v) is 3.96. The number of hydrogen-bond donors (Lipinski definition) is 2. The van der Waals surface area contributed by atoms with Gasteiger partial charge in [-0.1, -0.05) is 12.1 Å². The molecule has 2 rings (SSSR count). The van der Waals surface area contributed by atoms with Crippen LogP contribution in [0.15, 0.2) is 24.3 Å². The standard InChI is InChI=1S/C11H12FNO2/c12-9-5-3-8(4-6-9)11(13,10(14)15)7-1-2-7/h3-7H,1-2,13H2,(H,14,15). The number of rotatable bonds is 3. The van der Waals surface area contributed by atoms with E-state index in [-0.39, 0.29) is 11.7 Å². The number of benzene rings is 1. The zero-order valence-corrected chi connectivity index (χ0v) is 8.11. The molecule has 80 valence electrons. The minimum Gasteiger partial charge on any atom is -0.480 e. The first kappa shape index (κ1) is 10.1. The van der Waals surface area contributed by atoms with E-state index in [9.17, 15) is 9.18 Å². The molecule has 0 heterocycles. The highest BCUT2D eigenvalue weighted by Gasteiger charge is 2.49. The van der Waals surface area contributed by atoms with Gasteiger partial charge in [0.05, 0.1) is 0 Å². The van der Waals surface area contributed by atoms with Crippen LogP contribution in [0.2, 0.25) is 0 Å². The van der Waals surface area contributed by atoms with Crippen molar-refractivity contribution in [2.45, 2.75) is 18.4 Å². The normalized spacial score (nSPS) is 19.6. The molecule has 1 saturated carbocycles. The molecule has 15 heavy (non-hydrogen) atoms. The predicted molar refractivity (Wildman–Crippen MR) is 52.6 cm³/mol. The summed E-state index contributed by atoms with van der Waals surface area (Å²) in [6.45, 7) is 0. The van der Waals surface area contributed by atoms with E-state index in [1.807, 2.05) is 0 Å². The number of aliphatic carboxylic acids is 1. The molecule has 1 atom stereocenters. The monoisotopic (exact) mass is 209 g/mol. The third kappa shape index (κ3) is 1.61. The quantitative estimate of drug-likeness (QED) is 0.792. The van der Waals surface area contributed by atoms with Gasteiger partial charge in [-0.05, 0) is 36.5 Å². The van der Waals surface area contributed by atoms with Crippen LogP contribution in [0.1, 0.15) is 18.4 Å². The zero-order chi connectivity index (χ0) is 11.1. The van der Waals surface area contributed by atoms with E-state index in [0.29, 0.717) is 5.56 Å². The van der Waals surface area contributed by atoms with Crippen LogP contribution in [-0.2, 0) is 10.3 Å². The van der Waals surface area contributed by atoms with Crippen LogP contribution in [-0.4, -0.2) is 11.1 Å². The summed E-state index contributed by atoms with van der Waals surface area (Å²) in [5.41, 5.74) is 5.01. The first-order valence-electron chi connectivity index (χ1n) is 4.83. The van der Waals surface area contributed by atoms with E-state index >= 15 is 0 Å². The van der Waals surface area contributed by atoms with Crippen LogP contribution in [0.25, 0.3) is 0 Å². The first-order valence-corrected chi connectivity index (χ1v) is 4.83. The fourth-order valence-corrected chi connectivity index (χ4v) is 1.80. The highest BCUT2D eigenvalue weighted by molar-refractivity contribution is 5.81. The largest absolute Gasteiger partial charge is 0.480 e. The van der Waals surface area contributed by atoms with Crippen LogP contribution < -0.4 is 5.73 Å². The molecule has 1 aliphatic rings. The molecule has 1 unspecified atom stereocenters. The molecule has 4 heteroatoms. The van der Waals surface area contributed by atoms with Gasteiger partial charge >= 0.3 is 5.97 Å². The van der Waals surface area contributed by atoms with Gasteiger partial charge in [0.2, 0.25) is 0 Å². The number of carboxylic acids is 1. The zero-order valence-electron chi connectivity index (χ0n) is 8.11. The summed E-state index contributed by atoms with van der Waals surface area (Å²) in [5.74, 6) is -1.46. The molecule has 0 aromatic heterocycles. The molecule has 0 spiro atoms. The Bertz CT molecular complexity index is 386. The van der Waals surface area contributed by atoms with E-state index in [2.05, 4.69) is 0 Å². The molecule has 0 radical (unpaired) electrons. The fourth-order valence-electron chi connectivity index (χ4n) is 1.80. The molecule has 3 N–H and O–H groups in total. The van der Waals surface area contributed by atoms with Crippen LogP contribution in [0.3, 0.4) is 0 Å². The summed E-state index contributed by atoms with van der Waals surface area (Å²) in [6, 6.07) is 5.37. The number of hydrogen-bond acceptors (Lipinski definition) is 2. The number of carboxylic acid groups (broad SMARTS) is 1. The van der Waals surface area contributed by atoms with Gasteiger partial charge in [0.1, 0.15) is 11.4 Å². The van der Waals surface area contributed by atoms with Crippen molar-refractivity contribution in [2.24, 2.45) is 11.7 Å². The molecule has 1 fully saturated rings. The second kappa shape index (κ2) is 3.31. The topological polar surface area (TPSA) is 63.3 Å². The minimum atomic E-state index is -1.35. The molecule has 0 saturated heterocycles. The summed E-state index contributed by atoms with van der Waals surface area (Å²) in [4.78, 5) is 11.2. The number of halogens is 1. The fraction of sp³-hybridized carbons (Fsp3) is 0.364. The Kier molecular flexibility index (Phi) is 2.23. The average molecular weight is 209 g/mol. The van der Waals surface area contributed by atoms with Crippen molar-refractivity contribution in [3.05, 3.63) is 35.6 Å². The van der Waals surface area contributed by atoms with Crippen molar-refractivity contribution in [3.63, 3.8) is 0 Å². The van der Waals surface area contributed by atoms with Crippen LogP contribution in [0.4, 0.5) is 4.39 Å². The Balaban J connectivity index is 2.40. The summed E-state index contributed by atoms with van der Waals surface area (Å²) < 4.78 is 12.7. The van der Waals surface area contributed by atoms with E-state index in [0.717, 1.165) is 12.8 Å². The van der Waals surface area contributed by atoms with Crippen molar-refractivity contribution in [3.8, 4) is 0 Å². The molecular weight excluding hydrogens is 197 g/mol. The highest BCUT2D eigenvalue weighted by atomic mass is 19.1. The van der Waals surface area contributed by atoms with Crippen LogP contribution in [0.5, 0.6) is 0 Å². The Morgan fingerprint density at radius 3 is 2.33 bits per heavy atom. The lowest BCUT2D eigenvalue weighted by Gasteiger charge is -2.24. The summed E-state index contributed by atoms with van der Waals surface area (Å²) in [6.07, 6.45) is 1.64. The van der Waals surface area contributed by atoms with Gasteiger partial charge in [-0.25, -0.2) is 9.18 Å². The molecule has 0 bridgehead atoms. The third-order valence-electron chi connectivity index (χ3n) is 2.90. The Hall–Kier alpha value is -1.42. The Morgan fingerprint density at radius 1 is 1.40 bits per heavy atom. The van der Waals surface area contributed by atoms with Crippen molar-refractivity contribution in [1.82, 2.24) is 0 Å². The second-order valence-electron chi connectivity index (χ2n) is 3.96. The predicted octanol–water partition coefficient (Wildman–Crippen LogP) is 1.47. The van der Waals surface area contributed by atoms with Crippen molar-refractivity contribution >= 4 is 5.97 Å². The maximum atomic E-state index is 12.7. The number of carbonyl (C=O) groups is 1. The molecule has 0 aliphatic heterocycles. The van der Waals surface area contributed by atoms with E-state index < -0.39 is 11.5 Å². The van der Waals surface area contributed by atoms with Crippen LogP contribution in [0, 0.1) is 11.7 Å². The molecule has 3 nitrogen and oxygen atoms in total. The van der Waals surface area contributed by atoms with Gasteiger partial charge in [0.25, 0.3) is 0 Å². The number of nitrogens with two attached hydrogens (primary N) is 1. The SMILES string of the molecule is NC(C(=O)O)(c1ccc(F)cc1)C1CC1.